The summed E-state index contributed by atoms with van der Waals surface area (Å²) in [5.41, 5.74) is 0.613. The third kappa shape index (κ3) is 6.08. The van der Waals surface area contributed by atoms with Crippen molar-refractivity contribution >= 4 is 23.8 Å². The number of terminal acetylenes is 1. The summed E-state index contributed by atoms with van der Waals surface area (Å²) >= 11 is 0.923. The fourth-order valence-corrected chi connectivity index (χ4v) is 2.90. The van der Waals surface area contributed by atoms with E-state index in [1.807, 2.05) is 13.8 Å². The highest BCUT2D eigenvalue weighted by Gasteiger charge is 2.10. The maximum absolute atomic E-state index is 11.5. The lowest BCUT2D eigenvalue weighted by Gasteiger charge is -2.12. The van der Waals surface area contributed by atoms with Gasteiger partial charge in [0, 0.05) is 11.3 Å². The van der Waals surface area contributed by atoms with Gasteiger partial charge in [0.2, 0.25) is 5.16 Å². The Morgan fingerprint density at radius 3 is 2.85 bits per heavy atom. The molecule has 0 atom stereocenters. The number of carbonyl (C=O) groups is 1. The van der Waals surface area contributed by atoms with Crippen molar-refractivity contribution in [3.63, 3.8) is 0 Å². The lowest BCUT2D eigenvalue weighted by Crippen LogP contribution is -2.23. The number of aliphatic carboxylic acids is 1. The second-order valence-corrected chi connectivity index (χ2v) is 6.35. The summed E-state index contributed by atoms with van der Waals surface area (Å²) in [6.45, 7) is 4.40. The van der Waals surface area contributed by atoms with Crippen molar-refractivity contribution < 1.29 is 19.4 Å². The number of rotatable bonds is 10. The van der Waals surface area contributed by atoms with Gasteiger partial charge in [0.25, 0.3) is 0 Å². The minimum atomic E-state index is -1.31. The van der Waals surface area contributed by atoms with E-state index in [1.54, 1.807) is 18.2 Å². The monoisotopic (exact) mass is 386 g/mol. The molecule has 0 aliphatic rings. The molecule has 0 spiro atoms. The van der Waals surface area contributed by atoms with Crippen LogP contribution in [0.3, 0.4) is 0 Å². The van der Waals surface area contributed by atoms with Crippen molar-refractivity contribution in [3.8, 4) is 23.8 Å². The summed E-state index contributed by atoms with van der Waals surface area (Å²) in [5, 5.41) is 18.7. The number of benzene rings is 1. The van der Waals surface area contributed by atoms with E-state index < -0.39 is 5.97 Å². The van der Waals surface area contributed by atoms with E-state index in [0.717, 1.165) is 24.6 Å². The number of aryl methyl sites for hydroxylation is 1. The predicted octanol–water partition coefficient (Wildman–Crippen LogP) is 2.05. The number of aromatic nitrogens is 3. The molecule has 7 nitrogen and oxygen atoms in total. The average molecular weight is 386 g/mol. The molecule has 8 heteroatoms. The number of aromatic amines is 1. The van der Waals surface area contributed by atoms with Crippen LogP contribution < -0.4 is 14.6 Å². The highest BCUT2D eigenvalue weighted by Crippen LogP contribution is 2.31. The molecular formula is C19H20N3O4S-. The first kappa shape index (κ1) is 20.4. The third-order valence-corrected chi connectivity index (χ3v) is 4.15. The Labute approximate surface area is 162 Å². The van der Waals surface area contributed by atoms with E-state index >= 15 is 0 Å². The highest BCUT2D eigenvalue weighted by molar-refractivity contribution is 8.04. The van der Waals surface area contributed by atoms with Crippen LogP contribution >= 0.6 is 11.8 Å². The van der Waals surface area contributed by atoms with Gasteiger partial charge in [0.05, 0.1) is 12.6 Å². The van der Waals surface area contributed by atoms with Gasteiger partial charge in [0.15, 0.2) is 11.5 Å². The number of nitrogens with one attached hydrogen (secondary N) is 1. The van der Waals surface area contributed by atoms with E-state index in [1.165, 1.54) is 6.08 Å². The lowest BCUT2D eigenvalue weighted by molar-refractivity contribution is -0.297. The van der Waals surface area contributed by atoms with Crippen molar-refractivity contribution in [3.05, 3.63) is 34.5 Å². The largest absolute Gasteiger partial charge is 0.544 e. The first-order chi connectivity index (χ1) is 13.1. The zero-order valence-corrected chi connectivity index (χ0v) is 16.0. The van der Waals surface area contributed by atoms with Crippen LogP contribution in [0.5, 0.6) is 11.5 Å². The molecule has 2 aromatic rings. The van der Waals surface area contributed by atoms with Crippen LogP contribution in [-0.4, -0.2) is 34.4 Å². The molecule has 0 bridgehead atoms. The first-order valence-electron chi connectivity index (χ1n) is 8.42. The topological polar surface area (TPSA) is 100 Å². The SMILES string of the molecule is C#CCOc1ccc(/C=C(\Sc2n[nH]c(CCC)n2)C(=O)[O-])cc1OCC. The molecule has 1 heterocycles. The molecule has 0 fully saturated rings. The third-order valence-electron chi connectivity index (χ3n) is 3.28. The van der Waals surface area contributed by atoms with Gasteiger partial charge < -0.3 is 19.4 Å². The summed E-state index contributed by atoms with van der Waals surface area (Å²) in [7, 11) is 0. The Kier molecular flexibility index (Phi) is 7.77. The van der Waals surface area contributed by atoms with E-state index in [4.69, 9.17) is 15.9 Å². The molecule has 1 aromatic heterocycles. The zero-order chi connectivity index (χ0) is 19.6. The molecule has 0 unspecified atom stereocenters. The Morgan fingerprint density at radius 1 is 1.37 bits per heavy atom. The van der Waals surface area contributed by atoms with Gasteiger partial charge in [-0.2, -0.15) is 0 Å². The van der Waals surface area contributed by atoms with Crippen LogP contribution in [0.4, 0.5) is 0 Å². The van der Waals surface area contributed by atoms with Gasteiger partial charge >= 0.3 is 0 Å². The fourth-order valence-electron chi connectivity index (χ4n) is 2.17. The lowest BCUT2D eigenvalue weighted by atomic mass is 10.2. The minimum absolute atomic E-state index is 0.0169. The van der Waals surface area contributed by atoms with Crippen molar-refractivity contribution in [1.29, 1.82) is 0 Å². The Bertz CT molecular complexity index is 855. The minimum Gasteiger partial charge on any atom is -0.544 e. The standard InChI is InChI=1S/C19H21N3O4S/c1-4-7-17-20-19(22-21-17)27-16(18(23)24)12-13-8-9-14(26-10-5-2)15(11-13)25-6-3/h2,8-9,11-12H,4,6-7,10H2,1,3H3,(H,23,24)(H,20,21,22)/p-1/b16-12-. The van der Waals surface area contributed by atoms with E-state index in [-0.39, 0.29) is 11.5 Å². The number of carboxylic acid groups (broad SMARTS) is 1. The van der Waals surface area contributed by atoms with Crippen molar-refractivity contribution in [1.82, 2.24) is 15.2 Å². The average Bonchev–Trinajstić information content (AvgIpc) is 3.08. The van der Waals surface area contributed by atoms with Crippen LogP contribution in [0.25, 0.3) is 6.08 Å². The smallest absolute Gasteiger partial charge is 0.213 e. The van der Waals surface area contributed by atoms with Gasteiger partial charge in [-0.1, -0.05) is 18.9 Å². The van der Waals surface area contributed by atoms with Gasteiger partial charge in [-0.15, -0.1) is 11.5 Å². The molecule has 142 valence electrons. The molecule has 1 N–H and O–H groups in total. The summed E-state index contributed by atoms with van der Waals surface area (Å²) in [4.78, 5) is 15.8. The number of thioether (sulfide) groups is 1. The Balaban J connectivity index is 2.26. The second kappa shape index (κ2) is 10.3. The number of hydrogen-bond donors (Lipinski definition) is 1. The van der Waals surface area contributed by atoms with Crippen LogP contribution in [0.1, 0.15) is 31.7 Å². The van der Waals surface area contributed by atoms with Crippen molar-refractivity contribution in [2.45, 2.75) is 31.8 Å². The van der Waals surface area contributed by atoms with Gasteiger partial charge in [-0.3, -0.25) is 5.10 Å². The Hall–Kier alpha value is -2.92. The normalized spacial score (nSPS) is 11.1. The van der Waals surface area contributed by atoms with E-state index in [2.05, 4.69) is 21.1 Å². The van der Waals surface area contributed by atoms with Crippen LogP contribution in [-0.2, 0) is 11.2 Å². The molecule has 1 aromatic carbocycles. The zero-order valence-electron chi connectivity index (χ0n) is 15.2. The maximum Gasteiger partial charge on any atom is 0.213 e. The predicted molar refractivity (Wildman–Crippen MR) is 101 cm³/mol. The molecule has 0 aliphatic heterocycles. The van der Waals surface area contributed by atoms with E-state index in [9.17, 15) is 9.90 Å². The fraction of sp³-hybridized carbons (Fsp3) is 0.316. The summed E-state index contributed by atoms with van der Waals surface area (Å²) in [6, 6.07) is 5.07. The molecule has 27 heavy (non-hydrogen) atoms. The van der Waals surface area contributed by atoms with Crippen molar-refractivity contribution in [2.75, 3.05) is 13.2 Å². The van der Waals surface area contributed by atoms with Crippen LogP contribution in [0.2, 0.25) is 0 Å². The highest BCUT2D eigenvalue weighted by atomic mass is 32.2. The van der Waals surface area contributed by atoms with Crippen LogP contribution in [0, 0.1) is 12.3 Å². The Morgan fingerprint density at radius 2 is 2.19 bits per heavy atom. The number of hydrogen-bond acceptors (Lipinski definition) is 7. The van der Waals surface area contributed by atoms with Crippen molar-refractivity contribution in [2.24, 2.45) is 0 Å². The number of H-pyrrole nitrogens is 1. The quantitative estimate of drug-likeness (QED) is 0.379. The molecule has 2 rings (SSSR count). The molecule has 0 saturated carbocycles. The molecular weight excluding hydrogens is 366 g/mol. The number of nitrogens with zero attached hydrogens (tertiary/aromatic N) is 2. The summed E-state index contributed by atoms with van der Waals surface area (Å²) in [5.74, 6) is 2.76. The molecule has 0 aliphatic carbocycles. The number of carbonyl (C=O) groups excluding carboxylic acids is 1. The first-order valence-corrected chi connectivity index (χ1v) is 9.24. The van der Waals surface area contributed by atoms with Gasteiger partial charge in [-0.05, 0) is 48.9 Å². The number of carboxylic acids is 1. The van der Waals surface area contributed by atoms with Gasteiger partial charge in [-0.25, -0.2) is 4.98 Å². The molecule has 0 saturated heterocycles. The number of ether oxygens (including phenoxy) is 2. The van der Waals surface area contributed by atoms with Crippen LogP contribution in [0.15, 0.2) is 28.3 Å². The van der Waals surface area contributed by atoms with E-state index in [0.29, 0.717) is 34.7 Å². The maximum atomic E-state index is 11.5. The summed E-state index contributed by atoms with van der Waals surface area (Å²) < 4.78 is 11.0. The summed E-state index contributed by atoms with van der Waals surface area (Å²) in [6.07, 6.45) is 8.34. The van der Waals surface area contributed by atoms with Gasteiger partial charge in [0.1, 0.15) is 12.4 Å². The molecule has 0 amide bonds. The molecule has 0 radical (unpaired) electrons. The second-order valence-electron chi connectivity index (χ2n) is 5.34.